The highest BCUT2D eigenvalue weighted by molar-refractivity contribution is 6.34. The second kappa shape index (κ2) is 13.4. The van der Waals surface area contributed by atoms with Crippen molar-refractivity contribution in [2.24, 2.45) is 5.92 Å². The zero-order valence-electron chi connectivity index (χ0n) is 23.3. The molecule has 11 heteroatoms. The number of piperidine rings is 1. The van der Waals surface area contributed by atoms with E-state index in [2.05, 4.69) is 20.9 Å². The number of nitrogens with one attached hydrogen (secondary N) is 3. The summed E-state index contributed by atoms with van der Waals surface area (Å²) < 4.78 is 11.3. The topological polar surface area (TPSA) is 122 Å². The third kappa shape index (κ3) is 9.39. The van der Waals surface area contributed by atoms with E-state index in [4.69, 9.17) is 21.1 Å². The molecule has 1 saturated heterocycles. The molecule has 2 aromatic carbocycles. The number of likely N-dealkylation sites (tertiary alicyclic amines) is 1. The van der Waals surface area contributed by atoms with Crippen molar-refractivity contribution in [3.63, 3.8) is 0 Å². The van der Waals surface area contributed by atoms with E-state index < -0.39 is 11.6 Å². The van der Waals surface area contributed by atoms with E-state index in [1.165, 1.54) is 6.20 Å². The molecule has 0 unspecified atom stereocenters. The zero-order valence-corrected chi connectivity index (χ0v) is 24.0. The molecule has 3 N–H and O–H groups in total. The molecular weight excluding hydrogens is 546 g/mol. The number of halogens is 1. The fourth-order valence-electron chi connectivity index (χ4n) is 4.25. The predicted molar refractivity (Wildman–Crippen MR) is 159 cm³/mol. The Morgan fingerprint density at radius 2 is 1.66 bits per heavy atom. The molecule has 216 valence electrons. The summed E-state index contributed by atoms with van der Waals surface area (Å²) in [7, 11) is 0. The van der Waals surface area contributed by atoms with Gasteiger partial charge >= 0.3 is 12.1 Å². The summed E-state index contributed by atoms with van der Waals surface area (Å²) >= 11 is 6.37. The van der Waals surface area contributed by atoms with Crippen LogP contribution in [0.25, 0.3) is 0 Å². The lowest BCUT2D eigenvalue weighted by Gasteiger charge is -2.33. The van der Waals surface area contributed by atoms with Crippen LogP contribution in [0.2, 0.25) is 5.02 Å². The minimum Gasteiger partial charge on any atom is -0.457 e. The van der Waals surface area contributed by atoms with Crippen LogP contribution in [0.1, 0.15) is 40.0 Å². The summed E-state index contributed by atoms with van der Waals surface area (Å²) in [4.78, 5) is 43.1. The molecule has 0 saturated carbocycles. The highest BCUT2D eigenvalue weighted by atomic mass is 35.5. The highest BCUT2D eigenvalue weighted by Gasteiger charge is 2.28. The van der Waals surface area contributed by atoms with E-state index >= 15 is 0 Å². The first-order valence-electron chi connectivity index (χ1n) is 13.4. The zero-order chi connectivity index (χ0) is 29.4. The smallest absolute Gasteiger partial charge is 0.410 e. The lowest BCUT2D eigenvalue weighted by atomic mass is 9.93. The Hall–Kier alpha value is -4.31. The van der Waals surface area contributed by atoms with E-state index in [1.54, 1.807) is 47.4 Å². The average Bonchev–Trinajstić information content (AvgIpc) is 2.90. The quantitative estimate of drug-likeness (QED) is 0.273. The SMILES string of the molecule is CC(C)(C)OC(=O)N1CCC(CC(=O)Nc2cc(Oc3ccc(NC(=O)Nc4ccccc4)c(Cl)c3)ccn2)CC1. The van der Waals surface area contributed by atoms with Crippen LogP contribution in [-0.4, -0.2) is 46.6 Å². The number of para-hydroxylation sites is 1. The lowest BCUT2D eigenvalue weighted by molar-refractivity contribution is -0.117. The standard InChI is InChI=1S/C30H34ClN5O5/c1-30(2,3)41-29(39)36-15-12-20(13-16-36)17-27(37)35-26-19-23(11-14-32-26)40-22-9-10-25(24(31)18-22)34-28(38)33-21-7-5-4-6-8-21/h4-11,14,18-20H,12-13,15-17H2,1-3H3,(H,32,35,37)(H2,33,34,38). The largest absolute Gasteiger partial charge is 0.457 e. The van der Waals surface area contributed by atoms with Crippen molar-refractivity contribution in [3.05, 3.63) is 71.9 Å². The summed E-state index contributed by atoms with van der Waals surface area (Å²) in [5.41, 5.74) is 0.546. The maximum atomic E-state index is 12.7. The van der Waals surface area contributed by atoms with Crippen molar-refractivity contribution in [2.75, 3.05) is 29.0 Å². The van der Waals surface area contributed by atoms with Crippen LogP contribution < -0.4 is 20.7 Å². The fraction of sp³-hybridized carbons (Fsp3) is 0.333. The molecule has 4 rings (SSSR count). The van der Waals surface area contributed by atoms with E-state index in [-0.39, 0.29) is 17.9 Å². The Bertz CT molecular complexity index is 1370. The monoisotopic (exact) mass is 579 g/mol. The number of benzene rings is 2. The molecule has 0 radical (unpaired) electrons. The number of hydrogen-bond donors (Lipinski definition) is 3. The molecule has 3 aromatic rings. The van der Waals surface area contributed by atoms with Crippen LogP contribution in [0.15, 0.2) is 66.9 Å². The second-order valence-corrected chi connectivity index (χ2v) is 11.1. The van der Waals surface area contributed by atoms with E-state index in [9.17, 15) is 14.4 Å². The minimum absolute atomic E-state index is 0.155. The number of carbonyl (C=O) groups excluding carboxylic acids is 3. The fourth-order valence-corrected chi connectivity index (χ4v) is 4.47. The van der Waals surface area contributed by atoms with Crippen molar-refractivity contribution in [2.45, 2.75) is 45.6 Å². The van der Waals surface area contributed by atoms with Gasteiger partial charge in [0.1, 0.15) is 22.9 Å². The van der Waals surface area contributed by atoms with Gasteiger partial charge in [-0.2, -0.15) is 0 Å². The molecule has 1 fully saturated rings. The Balaban J connectivity index is 1.26. The van der Waals surface area contributed by atoms with Gasteiger partial charge in [0.05, 0.1) is 10.7 Å². The van der Waals surface area contributed by atoms with Gasteiger partial charge in [-0.25, -0.2) is 14.6 Å². The first-order valence-corrected chi connectivity index (χ1v) is 13.8. The van der Waals surface area contributed by atoms with Gasteiger partial charge in [0.25, 0.3) is 0 Å². The number of rotatable bonds is 7. The van der Waals surface area contributed by atoms with Crippen LogP contribution in [0.3, 0.4) is 0 Å². The van der Waals surface area contributed by atoms with Gasteiger partial charge in [0.15, 0.2) is 0 Å². The number of ether oxygens (including phenoxy) is 2. The van der Waals surface area contributed by atoms with Crippen LogP contribution in [0.4, 0.5) is 26.8 Å². The normalized spacial score (nSPS) is 13.7. The molecule has 2 heterocycles. The van der Waals surface area contributed by atoms with Gasteiger partial charge < -0.3 is 30.3 Å². The van der Waals surface area contributed by atoms with Gasteiger partial charge in [0.2, 0.25) is 5.91 Å². The van der Waals surface area contributed by atoms with E-state index in [0.29, 0.717) is 53.2 Å². The molecular formula is C30H34ClN5O5. The maximum absolute atomic E-state index is 12.7. The Morgan fingerprint density at radius 1 is 0.951 bits per heavy atom. The molecule has 1 aliphatic rings. The molecule has 10 nitrogen and oxygen atoms in total. The molecule has 1 aromatic heterocycles. The summed E-state index contributed by atoms with van der Waals surface area (Å²) in [6.45, 7) is 6.64. The second-order valence-electron chi connectivity index (χ2n) is 10.7. The van der Waals surface area contributed by atoms with Crippen LogP contribution in [0, 0.1) is 5.92 Å². The molecule has 0 aliphatic carbocycles. The predicted octanol–water partition coefficient (Wildman–Crippen LogP) is 7.15. The molecule has 0 spiro atoms. The molecule has 1 aliphatic heterocycles. The number of carbonyl (C=O) groups is 3. The number of nitrogens with zero attached hydrogens (tertiary/aromatic N) is 2. The molecule has 0 atom stereocenters. The van der Waals surface area contributed by atoms with Crippen molar-refractivity contribution >= 4 is 46.8 Å². The van der Waals surface area contributed by atoms with Gasteiger partial charge in [-0.05, 0) is 69.9 Å². The first-order chi connectivity index (χ1) is 19.5. The minimum atomic E-state index is -0.535. The van der Waals surface area contributed by atoms with Crippen molar-refractivity contribution in [1.29, 1.82) is 0 Å². The number of amides is 4. The number of aromatic nitrogens is 1. The Kier molecular flexibility index (Phi) is 9.67. The van der Waals surface area contributed by atoms with E-state index in [0.717, 1.165) is 12.8 Å². The summed E-state index contributed by atoms with van der Waals surface area (Å²) in [5, 5.41) is 8.56. The van der Waals surface area contributed by atoms with Crippen molar-refractivity contribution in [3.8, 4) is 11.5 Å². The summed E-state index contributed by atoms with van der Waals surface area (Å²) in [5.74, 6) is 1.28. The number of anilines is 3. The number of pyridine rings is 1. The highest BCUT2D eigenvalue weighted by Crippen LogP contribution is 2.31. The maximum Gasteiger partial charge on any atom is 0.410 e. The van der Waals surface area contributed by atoms with Crippen molar-refractivity contribution < 1.29 is 23.9 Å². The van der Waals surface area contributed by atoms with E-state index in [1.807, 2.05) is 39.0 Å². The number of urea groups is 1. The van der Waals surface area contributed by atoms with Gasteiger partial charge in [0, 0.05) is 43.5 Å². The Morgan fingerprint density at radius 3 is 2.34 bits per heavy atom. The molecule has 4 amide bonds. The van der Waals surface area contributed by atoms with Crippen LogP contribution >= 0.6 is 11.6 Å². The lowest BCUT2D eigenvalue weighted by Crippen LogP contribution is -2.42. The third-order valence-electron chi connectivity index (χ3n) is 6.20. The first kappa shape index (κ1) is 29.7. The summed E-state index contributed by atoms with van der Waals surface area (Å²) in [6.07, 6.45) is 3.00. The average molecular weight is 580 g/mol. The van der Waals surface area contributed by atoms with Gasteiger partial charge in [-0.3, -0.25) is 4.79 Å². The Labute approximate surface area is 244 Å². The van der Waals surface area contributed by atoms with Gasteiger partial charge in [-0.1, -0.05) is 29.8 Å². The molecule has 0 bridgehead atoms. The van der Waals surface area contributed by atoms with Crippen LogP contribution in [-0.2, 0) is 9.53 Å². The summed E-state index contributed by atoms with van der Waals surface area (Å²) in [6, 6.07) is 16.8. The third-order valence-corrected chi connectivity index (χ3v) is 6.51. The van der Waals surface area contributed by atoms with Gasteiger partial charge in [-0.15, -0.1) is 0 Å². The van der Waals surface area contributed by atoms with Crippen LogP contribution in [0.5, 0.6) is 11.5 Å². The van der Waals surface area contributed by atoms with Crippen molar-refractivity contribution in [1.82, 2.24) is 9.88 Å². The molecule has 41 heavy (non-hydrogen) atoms. The number of hydrogen-bond acceptors (Lipinski definition) is 6.